The third-order valence-corrected chi connectivity index (χ3v) is 3.42. The first-order valence-corrected chi connectivity index (χ1v) is 6.09. The van der Waals surface area contributed by atoms with Crippen LogP contribution in [0.15, 0.2) is 24.3 Å². The van der Waals surface area contributed by atoms with Gasteiger partial charge in [0, 0.05) is 0 Å². The summed E-state index contributed by atoms with van der Waals surface area (Å²) < 4.78 is 5.13. The fourth-order valence-corrected chi connectivity index (χ4v) is 2.43. The van der Waals surface area contributed by atoms with Crippen LogP contribution in [-0.2, 0) is 0 Å². The van der Waals surface area contributed by atoms with Gasteiger partial charge in [0.2, 0.25) is 0 Å². The number of nitriles is 1. The van der Waals surface area contributed by atoms with Crippen LogP contribution in [0.5, 0.6) is 5.75 Å². The summed E-state index contributed by atoms with van der Waals surface area (Å²) in [6.07, 6.45) is 2.30. The van der Waals surface area contributed by atoms with Gasteiger partial charge in [-0.25, -0.2) is 0 Å². The van der Waals surface area contributed by atoms with Crippen molar-refractivity contribution in [1.29, 1.82) is 5.26 Å². The van der Waals surface area contributed by atoms with Crippen LogP contribution in [0, 0.1) is 17.2 Å². The third-order valence-electron chi connectivity index (χ3n) is 3.42. The Balaban J connectivity index is 2.13. The largest absolute Gasteiger partial charge is 0.497 e. The van der Waals surface area contributed by atoms with Gasteiger partial charge >= 0.3 is 0 Å². The second kappa shape index (κ2) is 5.70. The summed E-state index contributed by atoms with van der Waals surface area (Å²) in [5.74, 6) is 1.27. The van der Waals surface area contributed by atoms with Crippen LogP contribution in [0.2, 0.25) is 0 Å². The van der Waals surface area contributed by atoms with E-state index in [1.165, 1.54) is 6.42 Å². The molecule has 0 spiro atoms. The van der Waals surface area contributed by atoms with Crippen molar-refractivity contribution < 1.29 is 4.74 Å². The van der Waals surface area contributed by atoms with Crippen LogP contribution in [0.4, 0.5) is 0 Å². The molecule has 1 N–H and O–H groups in total. The SMILES string of the molecule is COc1ccc(C(C#N)C2CCCNC2)cc1. The van der Waals surface area contributed by atoms with Gasteiger partial charge in [-0.3, -0.25) is 0 Å². The van der Waals surface area contributed by atoms with E-state index < -0.39 is 0 Å². The smallest absolute Gasteiger partial charge is 0.118 e. The summed E-state index contributed by atoms with van der Waals surface area (Å²) >= 11 is 0. The highest BCUT2D eigenvalue weighted by Crippen LogP contribution is 2.29. The Kier molecular flexibility index (Phi) is 4.00. The van der Waals surface area contributed by atoms with Crippen molar-refractivity contribution in [1.82, 2.24) is 5.32 Å². The number of rotatable bonds is 3. The Morgan fingerprint density at radius 1 is 1.41 bits per heavy atom. The van der Waals surface area contributed by atoms with E-state index in [1.807, 2.05) is 24.3 Å². The predicted octanol–water partition coefficient (Wildman–Crippen LogP) is 2.30. The molecule has 1 aliphatic rings. The van der Waals surface area contributed by atoms with Crippen LogP contribution in [0.3, 0.4) is 0 Å². The van der Waals surface area contributed by atoms with Crippen molar-refractivity contribution in [2.45, 2.75) is 18.8 Å². The van der Waals surface area contributed by atoms with Crippen molar-refractivity contribution in [3.05, 3.63) is 29.8 Å². The van der Waals surface area contributed by atoms with Crippen LogP contribution in [-0.4, -0.2) is 20.2 Å². The molecule has 0 saturated carbocycles. The van der Waals surface area contributed by atoms with E-state index >= 15 is 0 Å². The number of methoxy groups -OCH3 is 1. The van der Waals surface area contributed by atoms with E-state index in [4.69, 9.17) is 4.74 Å². The van der Waals surface area contributed by atoms with Gasteiger partial charge in [0.1, 0.15) is 5.75 Å². The van der Waals surface area contributed by atoms with E-state index in [2.05, 4.69) is 11.4 Å². The molecule has 0 aromatic heterocycles. The Morgan fingerprint density at radius 3 is 2.71 bits per heavy atom. The molecule has 2 rings (SSSR count). The lowest BCUT2D eigenvalue weighted by atomic mass is 9.82. The Morgan fingerprint density at radius 2 is 2.18 bits per heavy atom. The van der Waals surface area contributed by atoms with Crippen LogP contribution >= 0.6 is 0 Å². The topological polar surface area (TPSA) is 45.0 Å². The fourth-order valence-electron chi connectivity index (χ4n) is 2.43. The van der Waals surface area contributed by atoms with Crippen molar-refractivity contribution in [3.8, 4) is 11.8 Å². The van der Waals surface area contributed by atoms with Crippen molar-refractivity contribution in [3.63, 3.8) is 0 Å². The fraction of sp³-hybridized carbons (Fsp3) is 0.500. The Hall–Kier alpha value is -1.53. The van der Waals surface area contributed by atoms with Crippen molar-refractivity contribution in [2.24, 2.45) is 5.92 Å². The van der Waals surface area contributed by atoms with Gasteiger partial charge in [0.25, 0.3) is 0 Å². The highest BCUT2D eigenvalue weighted by Gasteiger charge is 2.24. The molecule has 1 aromatic rings. The average Bonchev–Trinajstić information content (AvgIpc) is 2.42. The van der Waals surface area contributed by atoms with E-state index in [9.17, 15) is 5.26 Å². The number of nitrogens with zero attached hydrogens (tertiary/aromatic N) is 1. The maximum Gasteiger partial charge on any atom is 0.118 e. The number of benzene rings is 1. The minimum Gasteiger partial charge on any atom is -0.497 e. The Bertz CT molecular complexity index is 388. The van der Waals surface area contributed by atoms with Crippen LogP contribution in [0.25, 0.3) is 0 Å². The van der Waals surface area contributed by atoms with E-state index in [-0.39, 0.29) is 5.92 Å². The molecule has 2 atom stereocenters. The van der Waals surface area contributed by atoms with E-state index in [0.717, 1.165) is 30.8 Å². The molecule has 1 aromatic carbocycles. The maximum atomic E-state index is 9.35. The minimum atomic E-state index is -0.00583. The highest BCUT2D eigenvalue weighted by atomic mass is 16.5. The first kappa shape index (κ1) is 11.9. The second-order valence-corrected chi connectivity index (χ2v) is 4.49. The number of nitrogens with one attached hydrogen (secondary N) is 1. The van der Waals surface area contributed by atoms with Gasteiger partial charge in [-0.15, -0.1) is 0 Å². The predicted molar refractivity (Wildman–Crippen MR) is 66.9 cm³/mol. The number of hydrogen-bond donors (Lipinski definition) is 1. The molecule has 0 aliphatic carbocycles. The molecule has 1 saturated heterocycles. The van der Waals surface area contributed by atoms with Gasteiger partial charge < -0.3 is 10.1 Å². The average molecular weight is 230 g/mol. The zero-order chi connectivity index (χ0) is 12.1. The minimum absolute atomic E-state index is 0.00583. The van der Waals surface area contributed by atoms with Gasteiger partial charge in [-0.1, -0.05) is 12.1 Å². The maximum absolute atomic E-state index is 9.35. The Labute approximate surface area is 102 Å². The molecule has 1 aliphatic heterocycles. The number of ether oxygens (including phenoxy) is 1. The molecule has 0 bridgehead atoms. The van der Waals surface area contributed by atoms with E-state index in [0.29, 0.717) is 5.92 Å². The lowest BCUT2D eigenvalue weighted by Gasteiger charge is -2.26. The van der Waals surface area contributed by atoms with Crippen molar-refractivity contribution >= 4 is 0 Å². The summed E-state index contributed by atoms with van der Waals surface area (Å²) in [6.45, 7) is 2.03. The van der Waals surface area contributed by atoms with Gasteiger partial charge in [0.05, 0.1) is 19.1 Å². The molecule has 90 valence electrons. The molecule has 17 heavy (non-hydrogen) atoms. The molecule has 3 nitrogen and oxygen atoms in total. The summed E-state index contributed by atoms with van der Waals surface area (Å²) in [7, 11) is 1.65. The first-order valence-electron chi connectivity index (χ1n) is 6.09. The molecule has 0 radical (unpaired) electrons. The zero-order valence-electron chi connectivity index (χ0n) is 10.1. The lowest BCUT2D eigenvalue weighted by Crippen LogP contribution is -2.32. The molecule has 1 heterocycles. The standard InChI is InChI=1S/C14H18N2O/c1-17-13-6-4-11(5-7-13)14(9-15)12-3-2-8-16-10-12/h4-7,12,14,16H,2-3,8,10H2,1H3. The number of hydrogen-bond acceptors (Lipinski definition) is 3. The van der Waals surface area contributed by atoms with Gasteiger partial charge in [-0.05, 0) is 49.5 Å². The monoisotopic (exact) mass is 230 g/mol. The number of piperidine rings is 1. The van der Waals surface area contributed by atoms with Crippen LogP contribution < -0.4 is 10.1 Å². The summed E-state index contributed by atoms with van der Waals surface area (Å²) in [5.41, 5.74) is 1.10. The first-order chi connectivity index (χ1) is 8.35. The lowest BCUT2D eigenvalue weighted by molar-refractivity contribution is 0.354. The summed E-state index contributed by atoms with van der Waals surface area (Å²) in [5, 5.41) is 12.7. The third kappa shape index (κ3) is 2.78. The van der Waals surface area contributed by atoms with Gasteiger partial charge in [-0.2, -0.15) is 5.26 Å². The second-order valence-electron chi connectivity index (χ2n) is 4.49. The van der Waals surface area contributed by atoms with Gasteiger partial charge in [0.15, 0.2) is 0 Å². The molecule has 1 fully saturated rings. The molecular formula is C14H18N2O. The zero-order valence-corrected chi connectivity index (χ0v) is 10.1. The summed E-state index contributed by atoms with van der Waals surface area (Å²) in [6, 6.07) is 10.3. The molecule has 3 heteroatoms. The van der Waals surface area contributed by atoms with Crippen LogP contribution in [0.1, 0.15) is 24.3 Å². The highest BCUT2D eigenvalue weighted by molar-refractivity contribution is 5.32. The summed E-state index contributed by atoms with van der Waals surface area (Å²) in [4.78, 5) is 0. The molecular weight excluding hydrogens is 212 g/mol. The van der Waals surface area contributed by atoms with Crippen molar-refractivity contribution in [2.75, 3.05) is 20.2 Å². The quantitative estimate of drug-likeness (QED) is 0.866. The molecule has 0 amide bonds. The normalized spacial score (nSPS) is 21.5. The molecule has 2 unspecified atom stereocenters. The van der Waals surface area contributed by atoms with E-state index in [1.54, 1.807) is 7.11 Å².